The van der Waals surface area contributed by atoms with Gasteiger partial charge in [0.15, 0.2) is 6.10 Å². The van der Waals surface area contributed by atoms with Crippen LogP contribution < -0.4 is 5.73 Å². The average molecular weight is 1150 g/mol. The van der Waals surface area contributed by atoms with Gasteiger partial charge in [-0.05, 0) is 12.8 Å². The molecule has 0 aromatic carbocycles. The first-order valence-electron chi connectivity index (χ1n) is 36.0. The minimum absolute atomic E-state index is 0.0587. The van der Waals surface area contributed by atoms with Gasteiger partial charge < -0.3 is 20.1 Å². The fourth-order valence-corrected chi connectivity index (χ4v) is 12.2. The highest BCUT2D eigenvalue weighted by molar-refractivity contribution is 7.47. The molecule has 0 spiro atoms. The number of hydrogen-bond donors (Lipinski definition) is 2. The van der Waals surface area contributed by atoms with Crippen molar-refractivity contribution in [3.63, 3.8) is 0 Å². The zero-order valence-corrected chi connectivity index (χ0v) is 54.8. The van der Waals surface area contributed by atoms with Crippen molar-refractivity contribution in [3.05, 3.63) is 0 Å². The summed E-state index contributed by atoms with van der Waals surface area (Å²) in [6, 6.07) is 0. The van der Waals surface area contributed by atoms with E-state index < -0.39 is 26.5 Å². The highest BCUT2D eigenvalue weighted by Gasteiger charge is 2.26. The van der Waals surface area contributed by atoms with Crippen molar-refractivity contribution in [1.82, 2.24) is 0 Å². The van der Waals surface area contributed by atoms with Crippen LogP contribution in [0.25, 0.3) is 0 Å². The van der Waals surface area contributed by atoms with Gasteiger partial charge in [-0.2, -0.15) is 0 Å². The fraction of sp³-hybridized carbons (Fsp3) is 0.971. The second-order valence-corrected chi connectivity index (χ2v) is 26.3. The quantitative estimate of drug-likeness (QED) is 0.0347. The van der Waals surface area contributed by atoms with Crippen LogP contribution in [0, 0.1) is 0 Å². The average Bonchev–Trinajstić information content (AvgIpc) is 3.45. The van der Waals surface area contributed by atoms with Gasteiger partial charge in [-0.15, -0.1) is 0 Å². The van der Waals surface area contributed by atoms with Crippen molar-refractivity contribution in [3.8, 4) is 0 Å². The van der Waals surface area contributed by atoms with E-state index in [-0.39, 0.29) is 38.6 Å². The van der Waals surface area contributed by atoms with E-state index in [1.165, 1.54) is 340 Å². The van der Waals surface area contributed by atoms with Crippen molar-refractivity contribution >= 4 is 19.8 Å². The number of rotatable bonds is 70. The minimum Gasteiger partial charge on any atom is -0.462 e. The SMILES string of the molecule is CCCCCCCCCCCCCCCCCCCCCCCCCCCCCCCCCCCCCCCCCCC(=O)OC(COC(=O)CCCCCCCCCCCCCCCCCCCCC)COP(=O)(O)OCCN. The van der Waals surface area contributed by atoms with Gasteiger partial charge in [0.2, 0.25) is 0 Å². The van der Waals surface area contributed by atoms with Crippen LogP contribution in [-0.4, -0.2) is 49.3 Å². The van der Waals surface area contributed by atoms with Gasteiger partial charge in [-0.25, -0.2) is 4.57 Å². The second kappa shape index (κ2) is 67.1. The predicted octanol–water partition coefficient (Wildman–Crippen LogP) is 23.4. The number of nitrogens with two attached hydrogens (primary N) is 1. The normalized spacial score (nSPS) is 12.8. The lowest BCUT2D eigenvalue weighted by Crippen LogP contribution is -2.29. The first kappa shape index (κ1) is 79.0. The van der Waals surface area contributed by atoms with Gasteiger partial charge in [0, 0.05) is 19.4 Å². The Bertz CT molecular complexity index is 1270. The van der Waals surface area contributed by atoms with Crippen molar-refractivity contribution in [2.45, 2.75) is 412 Å². The molecule has 3 N–H and O–H groups in total. The Morgan fingerprint density at radius 2 is 0.537 bits per heavy atom. The molecule has 0 aromatic heterocycles. The molecule has 10 heteroatoms. The molecule has 478 valence electrons. The molecule has 9 nitrogen and oxygen atoms in total. The minimum atomic E-state index is -4.38. The Kier molecular flexibility index (Phi) is 66.3. The number of hydrogen-bond acceptors (Lipinski definition) is 8. The van der Waals surface area contributed by atoms with Crippen molar-refractivity contribution < 1.29 is 37.6 Å². The first-order valence-corrected chi connectivity index (χ1v) is 37.5. The summed E-state index contributed by atoms with van der Waals surface area (Å²) in [6.07, 6.45) is 79.5. The standard InChI is InChI=1S/C70H140NO8P/c1-3-5-7-9-11-13-15-17-19-21-23-24-25-26-27-28-29-30-31-32-33-34-35-36-37-38-39-40-41-42-43-45-47-49-51-53-55-57-59-61-63-70(73)79-68(67-78-80(74,75)77-65-64-71)66-76-69(72)62-60-58-56-54-52-50-48-46-44-22-20-18-16-14-12-10-8-6-4-2/h68H,3-67,71H2,1-2H3,(H,74,75). The van der Waals surface area contributed by atoms with Crippen LogP contribution in [0.3, 0.4) is 0 Å². The van der Waals surface area contributed by atoms with Gasteiger partial charge >= 0.3 is 19.8 Å². The highest BCUT2D eigenvalue weighted by Crippen LogP contribution is 2.43. The van der Waals surface area contributed by atoms with Crippen molar-refractivity contribution in [2.75, 3.05) is 26.4 Å². The molecule has 0 aromatic rings. The van der Waals surface area contributed by atoms with Gasteiger partial charge in [0.25, 0.3) is 0 Å². The maximum Gasteiger partial charge on any atom is 0.472 e. The zero-order valence-electron chi connectivity index (χ0n) is 53.9. The van der Waals surface area contributed by atoms with Crippen LogP contribution in [0.15, 0.2) is 0 Å². The largest absolute Gasteiger partial charge is 0.472 e. The van der Waals surface area contributed by atoms with E-state index >= 15 is 0 Å². The van der Waals surface area contributed by atoms with Crippen LogP contribution in [0.1, 0.15) is 406 Å². The monoisotopic (exact) mass is 1150 g/mol. The second-order valence-electron chi connectivity index (χ2n) is 24.8. The van der Waals surface area contributed by atoms with Crippen LogP contribution in [0.2, 0.25) is 0 Å². The first-order chi connectivity index (χ1) is 39.3. The molecule has 2 unspecified atom stereocenters. The van der Waals surface area contributed by atoms with Crippen molar-refractivity contribution in [1.29, 1.82) is 0 Å². The van der Waals surface area contributed by atoms with Crippen LogP contribution >= 0.6 is 7.82 Å². The predicted molar refractivity (Wildman–Crippen MR) is 345 cm³/mol. The molecule has 2 atom stereocenters. The number of unbranched alkanes of at least 4 members (excludes halogenated alkanes) is 57. The number of phosphoric ester groups is 1. The third-order valence-corrected chi connectivity index (χ3v) is 17.7. The molecule has 80 heavy (non-hydrogen) atoms. The number of carbonyl (C=O) groups excluding carboxylic acids is 2. The number of ether oxygens (including phenoxy) is 2. The smallest absolute Gasteiger partial charge is 0.462 e. The molecule has 0 bridgehead atoms. The van der Waals surface area contributed by atoms with E-state index in [2.05, 4.69) is 13.8 Å². The lowest BCUT2D eigenvalue weighted by molar-refractivity contribution is -0.161. The third kappa shape index (κ3) is 66.2. The summed E-state index contributed by atoms with van der Waals surface area (Å²) in [4.78, 5) is 35.3. The molecule has 0 radical (unpaired) electrons. The maximum atomic E-state index is 12.8. The van der Waals surface area contributed by atoms with E-state index in [1.807, 2.05) is 0 Å². The fourth-order valence-electron chi connectivity index (χ4n) is 11.4. The molecule has 0 heterocycles. The molecule has 0 aliphatic heterocycles. The maximum absolute atomic E-state index is 12.8. The summed E-state index contributed by atoms with van der Waals surface area (Å²) >= 11 is 0. The zero-order chi connectivity index (χ0) is 58.0. The summed E-state index contributed by atoms with van der Waals surface area (Å²) in [7, 11) is -4.38. The summed E-state index contributed by atoms with van der Waals surface area (Å²) in [5.74, 6) is -0.799. The molecular weight excluding hydrogens is 1010 g/mol. The van der Waals surface area contributed by atoms with E-state index in [0.29, 0.717) is 6.42 Å². The summed E-state index contributed by atoms with van der Waals surface area (Å²) in [5.41, 5.74) is 5.40. The van der Waals surface area contributed by atoms with Crippen molar-refractivity contribution in [2.24, 2.45) is 5.73 Å². The number of esters is 2. The van der Waals surface area contributed by atoms with Crippen LogP contribution in [0.4, 0.5) is 0 Å². The van der Waals surface area contributed by atoms with E-state index in [1.54, 1.807) is 0 Å². The van der Waals surface area contributed by atoms with E-state index in [9.17, 15) is 19.0 Å². The topological polar surface area (TPSA) is 134 Å². The Hall–Kier alpha value is -0.990. The Labute approximate surface area is 498 Å². The van der Waals surface area contributed by atoms with Crippen LogP contribution in [0.5, 0.6) is 0 Å². The van der Waals surface area contributed by atoms with E-state index in [0.717, 1.165) is 32.1 Å². The molecule has 0 fully saturated rings. The third-order valence-electron chi connectivity index (χ3n) is 16.7. The van der Waals surface area contributed by atoms with Gasteiger partial charge in [0.1, 0.15) is 6.61 Å². The van der Waals surface area contributed by atoms with Gasteiger partial charge in [-0.1, -0.05) is 380 Å². The number of phosphoric acid groups is 1. The van der Waals surface area contributed by atoms with Crippen LogP contribution in [-0.2, 0) is 32.7 Å². The van der Waals surface area contributed by atoms with E-state index in [4.69, 9.17) is 24.3 Å². The summed E-state index contributed by atoms with van der Waals surface area (Å²) in [5, 5.41) is 0. The highest BCUT2D eigenvalue weighted by atomic mass is 31.2. The summed E-state index contributed by atoms with van der Waals surface area (Å²) in [6.45, 7) is 3.84. The lowest BCUT2D eigenvalue weighted by Gasteiger charge is -2.19. The molecule has 0 rings (SSSR count). The molecule has 0 aliphatic rings. The molecular formula is C70H140NO8P. The molecule has 0 saturated carbocycles. The molecule has 0 aliphatic carbocycles. The summed E-state index contributed by atoms with van der Waals surface area (Å²) < 4.78 is 33.2. The Morgan fingerprint density at radius 1 is 0.325 bits per heavy atom. The molecule has 0 saturated heterocycles. The Morgan fingerprint density at radius 3 is 0.762 bits per heavy atom. The molecule has 0 amide bonds. The lowest BCUT2D eigenvalue weighted by atomic mass is 10.0. The van der Waals surface area contributed by atoms with Gasteiger partial charge in [0.05, 0.1) is 13.2 Å². The Balaban J connectivity index is 3.70. The number of carbonyl (C=O) groups is 2. The van der Waals surface area contributed by atoms with Gasteiger partial charge in [-0.3, -0.25) is 18.6 Å².